The van der Waals surface area contributed by atoms with Crippen LogP contribution in [0.25, 0.3) is 5.57 Å². The number of likely N-dealkylation sites (tertiary alicyclic amines) is 1. The van der Waals surface area contributed by atoms with Crippen LogP contribution in [0.5, 0.6) is 0 Å². The van der Waals surface area contributed by atoms with Crippen LogP contribution in [0.1, 0.15) is 149 Å². The molecule has 1 N–H and O–H groups in total. The molecule has 1 aromatic heterocycles. The summed E-state index contributed by atoms with van der Waals surface area (Å²) in [6.45, 7) is 27.7. The van der Waals surface area contributed by atoms with E-state index in [1.54, 1.807) is 0 Å². The van der Waals surface area contributed by atoms with Gasteiger partial charge < -0.3 is 5.11 Å². The molecule has 238 valence electrons. The number of carboxylic acid groups (broad SMARTS) is 1. The highest BCUT2D eigenvalue weighted by molar-refractivity contribution is 7.13. The van der Waals surface area contributed by atoms with Crippen LogP contribution < -0.4 is 0 Å². The highest BCUT2D eigenvalue weighted by Crippen LogP contribution is 2.34. The summed E-state index contributed by atoms with van der Waals surface area (Å²) in [6.07, 6.45) is 22.9. The van der Waals surface area contributed by atoms with Gasteiger partial charge in [0.05, 0.1) is 0 Å². The summed E-state index contributed by atoms with van der Waals surface area (Å²) < 4.78 is 0. The molecule has 0 spiro atoms. The zero-order valence-electron chi connectivity index (χ0n) is 28.6. The summed E-state index contributed by atoms with van der Waals surface area (Å²) in [6, 6.07) is 4.49. The second-order valence-corrected chi connectivity index (χ2v) is 13.6. The van der Waals surface area contributed by atoms with Gasteiger partial charge in [-0.25, -0.2) is 0 Å². The Morgan fingerprint density at radius 1 is 1.02 bits per heavy atom. The summed E-state index contributed by atoms with van der Waals surface area (Å²) in [5, 5.41) is 6.89. The smallest absolute Gasteiger partial charge is 0.290 e. The van der Waals surface area contributed by atoms with Crippen molar-refractivity contribution in [3.63, 3.8) is 0 Å². The fourth-order valence-corrected chi connectivity index (χ4v) is 5.67. The third kappa shape index (κ3) is 24.6. The topological polar surface area (TPSA) is 40.5 Å². The average molecular weight is 590 g/mol. The summed E-state index contributed by atoms with van der Waals surface area (Å²) in [7, 11) is 0. The Bertz CT molecular complexity index is 809. The predicted octanol–water partition coefficient (Wildman–Crippen LogP) is 12.2. The lowest BCUT2D eigenvalue weighted by Crippen LogP contribution is -2.39. The molecule has 0 saturated carbocycles. The first-order chi connectivity index (χ1) is 19.5. The van der Waals surface area contributed by atoms with E-state index in [0.717, 1.165) is 18.9 Å². The fraction of sp³-hybridized carbons (Fsp3) is 0.703. The van der Waals surface area contributed by atoms with E-state index in [2.05, 4.69) is 104 Å². The molecule has 1 unspecified atom stereocenters. The van der Waals surface area contributed by atoms with Crippen molar-refractivity contribution in [1.29, 1.82) is 0 Å². The molecule has 0 aliphatic carbocycles. The van der Waals surface area contributed by atoms with Gasteiger partial charge in [0.2, 0.25) is 0 Å². The van der Waals surface area contributed by atoms with Gasteiger partial charge in [0.15, 0.2) is 0 Å². The van der Waals surface area contributed by atoms with Gasteiger partial charge in [-0.05, 0) is 75.1 Å². The molecular weight excluding hydrogens is 522 g/mol. The first-order valence-corrected chi connectivity index (χ1v) is 17.2. The monoisotopic (exact) mass is 589 g/mol. The van der Waals surface area contributed by atoms with Crippen LogP contribution in [-0.2, 0) is 11.3 Å². The quantitative estimate of drug-likeness (QED) is 0.141. The molecule has 4 heteroatoms. The van der Waals surface area contributed by atoms with Crippen molar-refractivity contribution in [2.24, 2.45) is 11.3 Å². The average Bonchev–Trinajstić information content (AvgIpc) is 3.39. The number of thiophene rings is 1. The van der Waals surface area contributed by atoms with Crippen molar-refractivity contribution < 1.29 is 9.90 Å². The maximum absolute atomic E-state index is 8.36. The minimum atomic E-state index is -0.250. The summed E-state index contributed by atoms with van der Waals surface area (Å²) in [5.41, 5.74) is 3.10. The van der Waals surface area contributed by atoms with Gasteiger partial charge in [-0.15, -0.1) is 11.3 Å². The van der Waals surface area contributed by atoms with Crippen LogP contribution in [0.4, 0.5) is 0 Å². The minimum absolute atomic E-state index is 0.250. The van der Waals surface area contributed by atoms with E-state index < -0.39 is 0 Å². The van der Waals surface area contributed by atoms with Gasteiger partial charge >= 0.3 is 0 Å². The Morgan fingerprint density at radius 2 is 1.61 bits per heavy atom. The van der Waals surface area contributed by atoms with Crippen LogP contribution in [0.3, 0.4) is 0 Å². The number of nitrogens with zero attached hydrogens (tertiary/aromatic N) is 1. The fourth-order valence-electron chi connectivity index (χ4n) is 4.70. The molecular formula is C37H67NO2S. The SMILES string of the molecule is C=C(C)c1ccc(CN2CCCC(C(C)(C)C)C2)s1.CC/C=C/C=C(/C)CCC.CCCCCCCCC.O=CO. The first kappa shape index (κ1) is 41.5. The molecule has 41 heavy (non-hydrogen) atoms. The van der Waals surface area contributed by atoms with Gasteiger partial charge in [-0.3, -0.25) is 9.69 Å². The molecule has 0 radical (unpaired) electrons. The van der Waals surface area contributed by atoms with Crippen molar-refractivity contribution in [2.45, 2.75) is 146 Å². The second kappa shape index (κ2) is 27.2. The van der Waals surface area contributed by atoms with E-state index in [1.165, 1.54) is 105 Å². The van der Waals surface area contributed by atoms with Gasteiger partial charge in [-0.2, -0.15) is 0 Å². The highest BCUT2D eigenvalue weighted by atomic mass is 32.1. The van der Waals surface area contributed by atoms with Crippen molar-refractivity contribution >= 4 is 23.4 Å². The minimum Gasteiger partial charge on any atom is -0.483 e. The molecule has 0 amide bonds. The normalized spacial score (nSPS) is 15.6. The Kier molecular flexibility index (Phi) is 27.5. The number of piperidine rings is 1. The lowest BCUT2D eigenvalue weighted by atomic mass is 9.76. The van der Waals surface area contributed by atoms with E-state index in [0.29, 0.717) is 5.41 Å². The zero-order valence-corrected chi connectivity index (χ0v) is 29.4. The van der Waals surface area contributed by atoms with Crippen LogP contribution >= 0.6 is 11.3 Å². The van der Waals surface area contributed by atoms with Gasteiger partial charge in [0.1, 0.15) is 0 Å². The Labute approximate surface area is 260 Å². The molecule has 1 aliphatic heterocycles. The number of hydrogen-bond acceptors (Lipinski definition) is 3. The first-order valence-electron chi connectivity index (χ1n) is 16.4. The summed E-state index contributed by atoms with van der Waals surface area (Å²) >= 11 is 1.90. The van der Waals surface area contributed by atoms with Crippen molar-refractivity contribution in [1.82, 2.24) is 4.90 Å². The third-order valence-corrected chi connectivity index (χ3v) is 8.53. The number of allylic oxidation sites excluding steroid dienone is 5. The van der Waals surface area contributed by atoms with Crippen LogP contribution in [0.15, 0.2) is 42.5 Å². The van der Waals surface area contributed by atoms with E-state index >= 15 is 0 Å². The maximum atomic E-state index is 8.36. The maximum Gasteiger partial charge on any atom is 0.290 e. The molecule has 0 bridgehead atoms. The molecule has 2 rings (SSSR count). The molecule has 3 nitrogen and oxygen atoms in total. The van der Waals surface area contributed by atoms with E-state index in [1.807, 2.05) is 11.3 Å². The van der Waals surface area contributed by atoms with Crippen LogP contribution in [0, 0.1) is 11.3 Å². The Morgan fingerprint density at radius 3 is 2.07 bits per heavy atom. The van der Waals surface area contributed by atoms with Crippen molar-refractivity contribution in [3.05, 3.63) is 52.3 Å². The molecule has 0 aromatic carbocycles. The van der Waals surface area contributed by atoms with Gasteiger partial charge in [-0.1, -0.05) is 130 Å². The zero-order chi connectivity index (χ0) is 31.5. The molecule has 1 fully saturated rings. The molecule has 2 heterocycles. The van der Waals surface area contributed by atoms with E-state index in [4.69, 9.17) is 9.90 Å². The number of hydrogen-bond donors (Lipinski definition) is 1. The molecule has 1 saturated heterocycles. The molecule has 1 aliphatic rings. The molecule has 1 atom stereocenters. The lowest BCUT2D eigenvalue weighted by Gasteiger charge is -2.39. The summed E-state index contributed by atoms with van der Waals surface area (Å²) in [5.74, 6) is 0.835. The number of rotatable bonds is 13. The van der Waals surface area contributed by atoms with Crippen molar-refractivity contribution in [2.75, 3.05) is 13.1 Å². The second-order valence-electron chi connectivity index (χ2n) is 12.5. The summed E-state index contributed by atoms with van der Waals surface area (Å²) in [4.78, 5) is 13.8. The van der Waals surface area contributed by atoms with Crippen LogP contribution in [-0.4, -0.2) is 29.6 Å². The van der Waals surface area contributed by atoms with Gasteiger partial charge in [0, 0.05) is 22.8 Å². The van der Waals surface area contributed by atoms with E-state index in [-0.39, 0.29) is 6.47 Å². The molecule has 1 aromatic rings. The predicted molar refractivity (Wildman–Crippen MR) is 187 cm³/mol. The largest absolute Gasteiger partial charge is 0.483 e. The van der Waals surface area contributed by atoms with Crippen molar-refractivity contribution in [3.8, 4) is 0 Å². The van der Waals surface area contributed by atoms with Gasteiger partial charge in [0.25, 0.3) is 6.47 Å². The highest BCUT2D eigenvalue weighted by Gasteiger charge is 2.29. The standard InChI is InChI=1S/C17H27NS.C10H18.C9H20.CH2O2/c1-13(2)16-9-8-15(19-16)12-18-10-6-7-14(11-18)17(3,4)5;1-4-6-7-9-10(3)8-5-2;1-3-5-7-9-8-6-4-2;2-1-3/h8-9,14H,1,6-7,10-12H2,2-5H3;6-7,9H,4-5,8H2,1-3H3;3-9H2,1-2H3;1H,(H,2,3)/b;7-6+,10-9-;;. The van der Waals surface area contributed by atoms with E-state index in [9.17, 15) is 0 Å². The lowest BCUT2D eigenvalue weighted by molar-refractivity contribution is -0.122. The number of unbranched alkanes of at least 4 members (excludes halogenated alkanes) is 6. The van der Waals surface area contributed by atoms with Crippen LogP contribution in [0.2, 0.25) is 0 Å². The Hall–Kier alpha value is -1.65. The third-order valence-electron chi connectivity index (χ3n) is 7.30. The number of carbonyl (C=O) groups is 1. The Balaban J connectivity index is 0.